The molecule has 1 N–H and O–H groups in total. The molecule has 0 amide bonds. The average Bonchev–Trinajstić information content (AvgIpc) is 2.77. The van der Waals surface area contributed by atoms with Crippen molar-refractivity contribution in [2.45, 2.75) is 32.1 Å². The minimum Gasteiger partial charge on any atom is -0.315 e. The van der Waals surface area contributed by atoms with Gasteiger partial charge in [0, 0.05) is 22.8 Å². The van der Waals surface area contributed by atoms with E-state index >= 15 is 0 Å². The summed E-state index contributed by atoms with van der Waals surface area (Å²) in [5, 5.41) is 3.10. The third-order valence-electron chi connectivity index (χ3n) is 3.50. The Bertz CT molecular complexity index is 395. The topological polar surface area (TPSA) is 15.3 Å². The van der Waals surface area contributed by atoms with E-state index in [2.05, 4.69) is 22.3 Å². The van der Waals surface area contributed by atoms with E-state index in [4.69, 9.17) is 0 Å². The minimum atomic E-state index is -4.02. The van der Waals surface area contributed by atoms with E-state index in [0.29, 0.717) is 13.1 Å². The van der Waals surface area contributed by atoms with Crippen LogP contribution in [0.15, 0.2) is 12.1 Å². The first-order valence-electron chi connectivity index (χ1n) is 6.50. The lowest BCUT2D eigenvalue weighted by Crippen LogP contribution is -2.38. The van der Waals surface area contributed by atoms with Gasteiger partial charge in [-0.2, -0.15) is 13.2 Å². The summed E-state index contributed by atoms with van der Waals surface area (Å²) in [5.41, 5.74) is 0. The van der Waals surface area contributed by atoms with Gasteiger partial charge in [-0.3, -0.25) is 4.90 Å². The molecular weight excluding hydrogens is 273 g/mol. The van der Waals surface area contributed by atoms with Gasteiger partial charge in [0.2, 0.25) is 0 Å². The van der Waals surface area contributed by atoms with Crippen molar-refractivity contribution < 1.29 is 13.2 Å². The number of halogens is 3. The average molecular weight is 292 g/mol. The monoisotopic (exact) mass is 292 g/mol. The molecule has 108 valence electrons. The second-order valence-electron chi connectivity index (χ2n) is 4.99. The molecule has 1 aromatic heterocycles. The molecule has 0 bridgehead atoms. The summed E-state index contributed by atoms with van der Waals surface area (Å²) in [6, 6.07) is 4.16. The third-order valence-corrected chi connectivity index (χ3v) is 4.57. The number of alkyl halides is 3. The van der Waals surface area contributed by atoms with Crippen LogP contribution in [0.2, 0.25) is 0 Å². The van der Waals surface area contributed by atoms with Gasteiger partial charge < -0.3 is 5.32 Å². The van der Waals surface area contributed by atoms with Gasteiger partial charge in [-0.25, -0.2) is 0 Å². The Kier molecular flexibility index (Phi) is 4.86. The van der Waals surface area contributed by atoms with Crippen molar-refractivity contribution in [3.05, 3.63) is 21.9 Å². The van der Waals surface area contributed by atoms with E-state index in [0.717, 1.165) is 13.1 Å². The number of rotatable bonds is 4. The number of hydrogen-bond donors (Lipinski definition) is 1. The zero-order chi connectivity index (χ0) is 13.9. The molecule has 1 saturated heterocycles. The summed E-state index contributed by atoms with van der Waals surface area (Å²) in [7, 11) is 1.90. The van der Waals surface area contributed by atoms with E-state index in [9.17, 15) is 13.2 Å². The number of nitrogens with zero attached hydrogens (tertiary/aromatic N) is 1. The van der Waals surface area contributed by atoms with Crippen molar-refractivity contribution in [1.82, 2.24) is 10.2 Å². The summed E-state index contributed by atoms with van der Waals surface area (Å²) in [6.45, 7) is 2.71. The molecule has 2 heterocycles. The van der Waals surface area contributed by atoms with Crippen LogP contribution in [0.3, 0.4) is 0 Å². The van der Waals surface area contributed by atoms with Gasteiger partial charge in [-0.05, 0) is 45.1 Å². The molecule has 19 heavy (non-hydrogen) atoms. The first kappa shape index (κ1) is 14.8. The van der Waals surface area contributed by atoms with Gasteiger partial charge in [0.15, 0.2) is 0 Å². The maximum atomic E-state index is 12.6. The first-order valence-corrected chi connectivity index (χ1v) is 7.32. The first-order chi connectivity index (χ1) is 8.99. The third kappa shape index (κ3) is 4.19. The summed E-state index contributed by atoms with van der Waals surface area (Å²) < 4.78 is 37.7. The van der Waals surface area contributed by atoms with Crippen LogP contribution in [0, 0.1) is 5.92 Å². The summed E-state index contributed by atoms with van der Waals surface area (Å²) in [5.74, 6) is -1.10. The Morgan fingerprint density at radius 3 is 2.47 bits per heavy atom. The van der Waals surface area contributed by atoms with Crippen molar-refractivity contribution in [2.24, 2.45) is 5.92 Å². The van der Waals surface area contributed by atoms with Gasteiger partial charge in [0.05, 0.1) is 5.92 Å². The molecule has 0 spiro atoms. The van der Waals surface area contributed by atoms with Gasteiger partial charge in [0.1, 0.15) is 0 Å². The molecule has 1 fully saturated rings. The second-order valence-corrected chi connectivity index (χ2v) is 6.24. The van der Waals surface area contributed by atoms with E-state index in [1.54, 1.807) is 11.3 Å². The highest BCUT2D eigenvalue weighted by molar-refractivity contribution is 7.11. The highest BCUT2D eigenvalue weighted by Crippen LogP contribution is 2.34. The minimum absolute atomic E-state index is 0.234. The van der Waals surface area contributed by atoms with Crippen LogP contribution in [-0.4, -0.2) is 31.2 Å². The van der Waals surface area contributed by atoms with Crippen LogP contribution in [0.25, 0.3) is 0 Å². The van der Waals surface area contributed by atoms with Gasteiger partial charge in [-0.15, -0.1) is 11.3 Å². The fraction of sp³-hybridized carbons (Fsp3) is 0.692. The molecule has 2 nitrogen and oxygen atoms in total. The van der Waals surface area contributed by atoms with Crippen molar-refractivity contribution in [3.63, 3.8) is 0 Å². The number of thiophene rings is 1. The predicted molar refractivity (Wildman–Crippen MR) is 71.1 cm³/mol. The fourth-order valence-corrected chi connectivity index (χ4v) is 3.49. The van der Waals surface area contributed by atoms with Gasteiger partial charge in [0.25, 0.3) is 0 Å². The zero-order valence-electron chi connectivity index (χ0n) is 11.0. The molecule has 6 heteroatoms. The number of piperidine rings is 1. The number of nitrogens with one attached hydrogen (secondary N) is 1. The van der Waals surface area contributed by atoms with Crippen LogP contribution in [0.5, 0.6) is 0 Å². The molecule has 0 unspecified atom stereocenters. The van der Waals surface area contributed by atoms with Crippen LogP contribution >= 0.6 is 11.3 Å². The Hall–Kier alpha value is -0.590. The normalized spacial score (nSPS) is 18.9. The smallest absolute Gasteiger partial charge is 0.315 e. The lowest BCUT2D eigenvalue weighted by atomic mass is 9.96. The lowest BCUT2D eigenvalue weighted by molar-refractivity contribution is -0.185. The van der Waals surface area contributed by atoms with Crippen molar-refractivity contribution in [2.75, 3.05) is 20.1 Å². The molecule has 2 rings (SSSR count). The predicted octanol–water partition coefficient (Wildman–Crippen LogP) is 3.24. The van der Waals surface area contributed by atoms with E-state index < -0.39 is 12.1 Å². The summed E-state index contributed by atoms with van der Waals surface area (Å²) >= 11 is 1.73. The molecular formula is C13H19F3N2S. The number of likely N-dealkylation sites (tertiary alicyclic amines) is 1. The SMILES string of the molecule is CNCc1ccc(CN2CCC(C(F)(F)F)CC2)s1. The zero-order valence-corrected chi connectivity index (χ0v) is 11.8. The van der Waals surface area contributed by atoms with E-state index in [1.807, 2.05) is 7.05 Å². The van der Waals surface area contributed by atoms with Crippen LogP contribution in [0.4, 0.5) is 13.2 Å². The fourth-order valence-electron chi connectivity index (χ4n) is 2.42. The lowest BCUT2D eigenvalue weighted by Gasteiger charge is -2.32. The quantitative estimate of drug-likeness (QED) is 0.916. The van der Waals surface area contributed by atoms with Crippen molar-refractivity contribution in [3.8, 4) is 0 Å². The molecule has 1 aliphatic heterocycles. The molecule has 1 aliphatic rings. The largest absolute Gasteiger partial charge is 0.391 e. The van der Waals surface area contributed by atoms with Crippen LogP contribution < -0.4 is 5.32 Å². The molecule has 1 aromatic rings. The number of hydrogen-bond acceptors (Lipinski definition) is 3. The van der Waals surface area contributed by atoms with Gasteiger partial charge in [-0.1, -0.05) is 0 Å². The Labute approximate surface area is 115 Å². The Morgan fingerprint density at radius 2 is 1.89 bits per heavy atom. The summed E-state index contributed by atoms with van der Waals surface area (Å²) in [4.78, 5) is 4.62. The summed E-state index contributed by atoms with van der Waals surface area (Å²) in [6.07, 6.45) is -3.55. The Balaban J connectivity index is 1.82. The van der Waals surface area contributed by atoms with Crippen LogP contribution in [0.1, 0.15) is 22.6 Å². The highest BCUT2D eigenvalue weighted by Gasteiger charge is 2.40. The Morgan fingerprint density at radius 1 is 1.26 bits per heavy atom. The molecule has 0 saturated carbocycles. The molecule has 0 radical (unpaired) electrons. The second kappa shape index (κ2) is 6.24. The maximum Gasteiger partial charge on any atom is 0.391 e. The van der Waals surface area contributed by atoms with Crippen molar-refractivity contribution in [1.29, 1.82) is 0 Å². The van der Waals surface area contributed by atoms with Crippen molar-refractivity contribution >= 4 is 11.3 Å². The standard InChI is InChI=1S/C13H19F3N2S/c1-17-8-11-2-3-12(19-11)9-18-6-4-10(5-7-18)13(14,15)16/h2-3,10,17H,4-9H2,1H3. The van der Waals surface area contributed by atoms with Gasteiger partial charge >= 0.3 is 6.18 Å². The van der Waals surface area contributed by atoms with Crippen LogP contribution in [-0.2, 0) is 13.1 Å². The maximum absolute atomic E-state index is 12.6. The van der Waals surface area contributed by atoms with E-state index in [1.165, 1.54) is 9.75 Å². The highest BCUT2D eigenvalue weighted by atomic mass is 32.1. The molecule has 0 aromatic carbocycles. The van der Waals surface area contributed by atoms with E-state index in [-0.39, 0.29) is 12.8 Å². The molecule has 0 atom stereocenters. The molecule has 0 aliphatic carbocycles.